The SMILES string of the molecule is CC[C@@H](C)N1CCN(Cc2ccc3c(c2)OCO3)CC1. The standard InChI is InChI=1S/C16H24N2O2/c1-3-13(2)18-8-6-17(7-9-18)11-14-4-5-15-16(10-14)20-12-19-15/h4-5,10,13H,3,6-9,11-12H2,1-2H3/t13-/m1/s1. The molecular weight excluding hydrogens is 252 g/mol. The van der Waals surface area contributed by atoms with Crippen molar-refractivity contribution >= 4 is 0 Å². The zero-order chi connectivity index (χ0) is 13.9. The summed E-state index contributed by atoms with van der Waals surface area (Å²) in [5, 5.41) is 0. The van der Waals surface area contributed by atoms with Crippen LogP contribution in [0.25, 0.3) is 0 Å². The van der Waals surface area contributed by atoms with Crippen LogP contribution in [0.15, 0.2) is 18.2 Å². The van der Waals surface area contributed by atoms with Crippen molar-refractivity contribution in [2.45, 2.75) is 32.9 Å². The van der Waals surface area contributed by atoms with Gasteiger partial charge in [-0.15, -0.1) is 0 Å². The van der Waals surface area contributed by atoms with Crippen molar-refractivity contribution in [3.63, 3.8) is 0 Å². The maximum absolute atomic E-state index is 5.44. The molecule has 0 unspecified atom stereocenters. The largest absolute Gasteiger partial charge is 0.454 e. The summed E-state index contributed by atoms with van der Waals surface area (Å²) in [5.41, 5.74) is 1.31. The average Bonchev–Trinajstić information content (AvgIpc) is 2.95. The number of ether oxygens (including phenoxy) is 2. The molecule has 1 fully saturated rings. The van der Waals surface area contributed by atoms with Crippen LogP contribution < -0.4 is 9.47 Å². The van der Waals surface area contributed by atoms with E-state index in [1.165, 1.54) is 25.1 Å². The summed E-state index contributed by atoms with van der Waals surface area (Å²) in [5.74, 6) is 1.76. The molecule has 4 heteroatoms. The fourth-order valence-corrected chi connectivity index (χ4v) is 2.92. The van der Waals surface area contributed by atoms with Crippen LogP contribution in [-0.4, -0.2) is 48.8 Å². The highest BCUT2D eigenvalue weighted by Crippen LogP contribution is 2.32. The van der Waals surface area contributed by atoms with Crippen LogP contribution in [-0.2, 0) is 6.54 Å². The van der Waals surface area contributed by atoms with Crippen molar-refractivity contribution in [1.29, 1.82) is 0 Å². The van der Waals surface area contributed by atoms with Gasteiger partial charge >= 0.3 is 0 Å². The van der Waals surface area contributed by atoms with Crippen LogP contribution in [0.3, 0.4) is 0 Å². The Morgan fingerprint density at radius 2 is 1.85 bits per heavy atom. The lowest BCUT2D eigenvalue weighted by atomic mass is 10.1. The van der Waals surface area contributed by atoms with E-state index in [9.17, 15) is 0 Å². The Balaban J connectivity index is 1.55. The highest BCUT2D eigenvalue weighted by atomic mass is 16.7. The van der Waals surface area contributed by atoms with Gasteiger partial charge in [0.2, 0.25) is 6.79 Å². The summed E-state index contributed by atoms with van der Waals surface area (Å²) >= 11 is 0. The molecule has 1 aromatic carbocycles. The molecule has 1 saturated heterocycles. The number of hydrogen-bond acceptors (Lipinski definition) is 4. The molecule has 110 valence electrons. The molecule has 0 bridgehead atoms. The van der Waals surface area contributed by atoms with E-state index in [-0.39, 0.29) is 0 Å². The van der Waals surface area contributed by atoms with Crippen molar-refractivity contribution in [2.24, 2.45) is 0 Å². The lowest BCUT2D eigenvalue weighted by Gasteiger charge is -2.37. The number of piperazine rings is 1. The first-order valence-corrected chi connectivity index (χ1v) is 7.61. The summed E-state index contributed by atoms with van der Waals surface area (Å²) in [6.07, 6.45) is 1.24. The Bertz CT molecular complexity index is 456. The number of benzene rings is 1. The molecule has 1 aromatic rings. The number of nitrogens with zero attached hydrogens (tertiary/aromatic N) is 2. The zero-order valence-corrected chi connectivity index (χ0v) is 12.5. The molecule has 0 aromatic heterocycles. The van der Waals surface area contributed by atoms with Crippen LogP contribution in [0.2, 0.25) is 0 Å². The fraction of sp³-hybridized carbons (Fsp3) is 0.625. The Hall–Kier alpha value is -1.26. The molecule has 20 heavy (non-hydrogen) atoms. The molecule has 0 spiro atoms. The van der Waals surface area contributed by atoms with Crippen molar-refractivity contribution in [3.05, 3.63) is 23.8 Å². The normalized spacial score (nSPS) is 21.1. The summed E-state index contributed by atoms with van der Waals surface area (Å²) in [7, 11) is 0. The van der Waals surface area contributed by atoms with Crippen molar-refractivity contribution in [3.8, 4) is 11.5 Å². The smallest absolute Gasteiger partial charge is 0.231 e. The minimum absolute atomic E-state index is 0.354. The molecule has 0 saturated carbocycles. The van der Waals surface area contributed by atoms with E-state index in [1.807, 2.05) is 6.07 Å². The third-order valence-corrected chi connectivity index (χ3v) is 4.46. The predicted octanol–water partition coefficient (Wildman–Crippen LogP) is 2.33. The second kappa shape index (κ2) is 6.02. The van der Waals surface area contributed by atoms with Gasteiger partial charge in [0.1, 0.15) is 0 Å². The maximum atomic E-state index is 5.44. The van der Waals surface area contributed by atoms with Crippen molar-refractivity contribution in [2.75, 3.05) is 33.0 Å². The number of hydrogen-bond donors (Lipinski definition) is 0. The molecule has 4 nitrogen and oxygen atoms in total. The average molecular weight is 276 g/mol. The molecule has 0 amide bonds. The minimum Gasteiger partial charge on any atom is -0.454 e. The Labute approximate surface area is 121 Å². The van der Waals surface area contributed by atoms with Gasteiger partial charge in [-0.05, 0) is 31.0 Å². The molecule has 0 radical (unpaired) electrons. The van der Waals surface area contributed by atoms with Crippen LogP contribution in [0.4, 0.5) is 0 Å². The Morgan fingerprint density at radius 1 is 1.10 bits per heavy atom. The van der Waals surface area contributed by atoms with Gasteiger partial charge in [0.25, 0.3) is 0 Å². The van der Waals surface area contributed by atoms with E-state index in [4.69, 9.17) is 9.47 Å². The molecule has 2 heterocycles. The van der Waals surface area contributed by atoms with Crippen molar-refractivity contribution < 1.29 is 9.47 Å². The van der Waals surface area contributed by atoms with E-state index >= 15 is 0 Å². The van der Waals surface area contributed by atoms with Gasteiger partial charge in [0.05, 0.1) is 0 Å². The summed E-state index contributed by atoms with van der Waals surface area (Å²) in [4.78, 5) is 5.12. The Morgan fingerprint density at radius 3 is 2.60 bits per heavy atom. The van der Waals surface area contributed by atoms with Gasteiger partial charge in [0, 0.05) is 38.8 Å². The molecule has 2 aliphatic rings. The lowest BCUT2D eigenvalue weighted by molar-refractivity contribution is 0.0963. The molecule has 2 aliphatic heterocycles. The first-order chi connectivity index (χ1) is 9.76. The first kappa shape index (κ1) is 13.7. The lowest BCUT2D eigenvalue weighted by Crippen LogP contribution is -2.48. The zero-order valence-electron chi connectivity index (χ0n) is 12.5. The topological polar surface area (TPSA) is 24.9 Å². The van der Waals surface area contributed by atoms with Gasteiger partial charge in [0.15, 0.2) is 11.5 Å². The highest BCUT2D eigenvalue weighted by molar-refractivity contribution is 5.44. The van der Waals surface area contributed by atoms with Gasteiger partial charge in [-0.25, -0.2) is 0 Å². The molecule has 1 atom stereocenters. The molecular formula is C16H24N2O2. The monoisotopic (exact) mass is 276 g/mol. The molecule has 3 rings (SSSR count). The van der Waals surface area contributed by atoms with Crippen LogP contribution in [0, 0.1) is 0 Å². The third kappa shape index (κ3) is 2.91. The van der Waals surface area contributed by atoms with Gasteiger partial charge < -0.3 is 9.47 Å². The number of fused-ring (bicyclic) bond motifs is 1. The maximum Gasteiger partial charge on any atom is 0.231 e. The summed E-state index contributed by atoms with van der Waals surface area (Å²) in [6, 6.07) is 6.99. The summed E-state index contributed by atoms with van der Waals surface area (Å²) in [6.45, 7) is 10.6. The predicted molar refractivity (Wildman–Crippen MR) is 79.2 cm³/mol. The van der Waals surface area contributed by atoms with Crippen LogP contribution in [0.1, 0.15) is 25.8 Å². The molecule has 0 N–H and O–H groups in total. The summed E-state index contributed by atoms with van der Waals surface area (Å²) < 4.78 is 10.8. The quantitative estimate of drug-likeness (QED) is 0.842. The molecule has 0 aliphatic carbocycles. The van der Waals surface area contributed by atoms with E-state index < -0.39 is 0 Å². The highest BCUT2D eigenvalue weighted by Gasteiger charge is 2.21. The second-order valence-corrected chi connectivity index (χ2v) is 5.76. The number of rotatable bonds is 4. The first-order valence-electron chi connectivity index (χ1n) is 7.61. The second-order valence-electron chi connectivity index (χ2n) is 5.76. The van der Waals surface area contributed by atoms with E-state index in [2.05, 4.69) is 35.8 Å². The van der Waals surface area contributed by atoms with E-state index in [1.54, 1.807) is 0 Å². The third-order valence-electron chi connectivity index (χ3n) is 4.46. The van der Waals surface area contributed by atoms with Gasteiger partial charge in [-0.1, -0.05) is 13.0 Å². The van der Waals surface area contributed by atoms with Gasteiger partial charge in [-0.2, -0.15) is 0 Å². The fourth-order valence-electron chi connectivity index (χ4n) is 2.92. The van der Waals surface area contributed by atoms with E-state index in [0.717, 1.165) is 31.1 Å². The minimum atomic E-state index is 0.354. The van der Waals surface area contributed by atoms with Crippen LogP contribution >= 0.6 is 0 Å². The van der Waals surface area contributed by atoms with E-state index in [0.29, 0.717) is 12.8 Å². The van der Waals surface area contributed by atoms with Crippen molar-refractivity contribution in [1.82, 2.24) is 9.80 Å². The Kier molecular flexibility index (Phi) is 4.13. The van der Waals surface area contributed by atoms with Crippen LogP contribution in [0.5, 0.6) is 11.5 Å². The van der Waals surface area contributed by atoms with Gasteiger partial charge in [-0.3, -0.25) is 9.80 Å².